The number of halogens is 3. The number of hydrogen-bond donors (Lipinski definition) is 0. The molecule has 0 amide bonds. The molecule has 1 aromatic rings. The summed E-state index contributed by atoms with van der Waals surface area (Å²) in [6.07, 6.45) is -4.30. The first-order chi connectivity index (χ1) is 8.55. The molecule has 2 aliphatic heterocycles. The maximum Gasteiger partial charge on any atom is 0.416 e. The number of amidine groups is 1. The predicted molar refractivity (Wildman–Crippen MR) is 66.0 cm³/mol. The fourth-order valence-electron chi connectivity index (χ4n) is 2.00. The third-order valence-corrected chi connectivity index (χ3v) is 3.76. The van der Waals surface area contributed by atoms with Crippen LogP contribution >= 0.6 is 11.8 Å². The first kappa shape index (κ1) is 11.6. The molecule has 2 heterocycles. The van der Waals surface area contributed by atoms with Gasteiger partial charge in [0.1, 0.15) is 0 Å². The van der Waals surface area contributed by atoms with Gasteiger partial charge in [-0.1, -0.05) is 23.9 Å². The fraction of sp³-hybridized carbons (Fsp3) is 0.250. The van der Waals surface area contributed by atoms with Crippen LogP contribution in [0.1, 0.15) is 11.1 Å². The second kappa shape index (κ2) is 4.05. The summed E-state index contributed by atoms with van der Waals surface area (Å²) in [5.74, 6) is 0. The maximum absolute atomic E-state index is 12.7. The van der Waals surface area contributed by atoms with Crippen LogP contribution in [0.2, 0.25) is 0 Å². The molecule has 18 heavy (non-hydrogen) atoms. The van der Waals surface area contributed by atoms with Gasteiger partial charge >= 0.3 is 6.18 Å². The lowest BCUT2D eigenvalue weighted by Crippen LogP contribution is -2.20. The molecule has 94 valence electrons. The van der Waals surface area contributed by atoms with E-state index in [1.54, 1.807) is 6.07 Å². The van der Waals surface area contributed by atoms with Crippen molar-refractivity contribution >= 4 is 22.6 Å². The summed E-state index contributed by atoms with van der Waals surface area (Å²) in [5.41, 5.74) is 0.780. The molecule has 0 aromatic heterocycles. The number of benzene rings is 1. The Morgan fingerprint density at radius 1 is 1.28 bits per heavy atom. The van der Waals surface area contributed by atoms with E-state index in [1.165, 1.54) is 23.9 Å². The zero-order valence-corrected chi connectivity index (χ0v) is 10.1. The summed E-state index contributed by atoms with van der Waals surface area (Å²) in [4.78, 5) is 6.23. The van der Waals surface area contributed by atoms with Gasteiger partial charge in [0, 0.05) is 12.0 Å². The van der Waals surface area contributed by atoms with Crippen molar-refractivity contribution in [2.75, 3.05) is 13.1 Å². The number of alkyl halides is 3. The highest BCUT2D eigenvalue weighted by Gasteiger charge is 2.32. The van der Waals surface area contributed by atoms with E-state index in [1.807, 2.05) is 10.3 Å². The summed E-state index contributed by atoms with van der Waals surface area (Å²) < 4.78 is 38.0. The van der Waals surface area contributed by atoms with E-state index in [9.17, 15) is 13.2 Å². The molecule has 0 saturated carbocycles. The van der Waals surface area contributed by atoms with Gasteiger partial charge in [-0.15, -0.1) is 0 Å². The Balaban J connectivity index is 1.96. The smallest absolute Gasteiger partial charge is 0.318 e. The molecule has 0 atom stereocenters. The van der Waals surface area contributed by atoms with Crippen LogP contribution in [-0.4, -0.2) is 23.2 Å². The Morgan fingerprint density at radius 2 is 2.11 bits per heavy atom. The summed E-state index contributed by atoms with van der Waals surface area (Å²) in [6, 6.07) is 5.41. The van der Waals surface area contributed by atoms with Crippen LogP contribution in [0, 0.1) is 0 Å². The summed E-state index contributed by atoms with van der Waals surface area (Å²) >= 11 is 1.46. The fourth-order valence-corrected chi connectivity index (χ4v) is 2.96. The summed E-state index contributed by atoms with van der Waals surface area (Å²) in [7, 11) is 0. The van der Waals surface area contributed by atoms with E-state index in [4.69, 9.17) is 0 Å². The van der Waals surface area contributed by atoms with Crippen LogP contribution in [0.5, 0.6) is 0 Å². The number of hydrogen-bond acceptors (Lipinski definition) is 3. The first-order valence-electron chi connectivity index (χ1n) is 5.42. The van der Waals surface area contributed by atoms with Crippen molar-refractivity contribution in [3.8, 4) is 0 Å². The zero-order chi connectivity index (χ0) is 12.8. The lowest BCUT2D eigenvalue weighted by molar-refractivity contribution is -0.137. The van der Waals surface area contributed by atoms with Crippen molar-refractivity contribution in [3.05, 3.63) is 40.8 Å². The van der Waals surface area contributed by atoms with Gasteiger partial charge in [-0.25, -0.2) is 0 Å². The minimum Gasteiger partial charge on any atom is -0.318 e. The Hall–Kier alpha value is -1.43. The molecule has 0 N–H and O–H groups in total. The molecule has 1 aromatic carbocycles. The van der Waals surface area contributed by atoms with Crippen LogP contribution in [-0.2, 0) is 6.18 Å². The molecular formula is C12H9F3N2S. The third kappa shape index (κ3) is 1.90. The van der Waals surface area contributed by atoms with Gasteiger partial charge in [-0.2, -0.15) is 13.2 Å². The quantitative estimate of drug-likeness (QED) is 0.777. The third-order valence-electron chi connectivity index (χ3n) is 2.85. The minimum absolute atomic E-state index is 0.587. The first-order valence-corrected chi connectivity index (χ1v) is 6.30. The van der Waals surface area contributed by atoms with Crippen molar-refractivity contribution in [1.29, 1.82) is 0 Å². The maximum atomic E-state index is 12.7. The van der Waals surface area contributed by atoms with E-state index in [0.717, 1.165) is 23.5 Å². The van der Waals surface area contributed by atoms with Gasteiger partial charge in [0.25, 0.3) is 0 Å². The Bertz CT molecular complexity index is 548. The normalized spacial score (nSPS) is 18.7. The van der Waals surface area contributed by atoms with Gasteiger partial charge < -0.3 is 4.90 Å². The van der Waals surface area contributed by atoms with E-state index in [0.29, 0.717) is 12.1 Å². The Kier molecular flexibility index (Phi) is 2.62. The number of nitrogens with zero attached hydrogens (tertiary/aromatic N) is 2. The zero-order valence-electron chi connectivity index (χ0n) is 9.24. The van der Waals surface area contributed by atoms with Crippen molar-refractivity contribution in [1.82, 2.24) is 4.90 Å². The van der Waals surface area contributed by atoms with E-state index in [2.05, 4.69) is 4.99 Å². The average Bonchev–Trinajstić information content (AvgIpc) is 2.89. The van der Waals surface area contributed by atoms with Crippen molar-refractivity contribution in [2.24, 2.45) is 4.99 Å². The Morgan fingerprint density at radius 3 is 2.89 bits per heavy atom. The van der Waals surface area contributed by atoms with Crippen molar-refractivity contribution < 1.29 is 13.2 Å². The Labute approximate surface area is 106 Å². The second-order valence-electron chi connectivity index (χ2n) is 4.02. The summed E-state index contributed by atoms with van der Waals surface area (Å²) in [5, 5.41) is 2.73. The monoisotopic (exact) mass is 270 g/mol. The molecule has 2 aliphatic rings. The molecule has 6 heteroatoms. The van der Waals surface area contributed by atoms with Gasteiger partial charge in [0.05, 0.1) is 17.8 Å². The molecule has 0 bridgehead atoms. The van der Waals surface area contributed by atoms with Gasteiger partial charge in [-0.05, 0) is 17.7 Å². The largest absolute Gasteiger partial charge is 0.416 e. The number of thioether (sulfide) groups is 1. The molecule has 0 fully saturated rings. The van der Waals surface area contributed by atoms with Gasteiger partial charge in [-0.3, -0.25) is 4.99 Å². The van der Waals surface area contributed by atoms with Crippen LogP contribution in [0.15, 0.2) is 34.7 Å². The highest BCUT2D eigenvalue weighted by atomic mass is 32.2. The topological polar surface area (TPSA) is 15.6 Å². The molecule has 0 aliphatic carbocycles. The average molecular weight is 270 g/mol. The van der Waals surface area contributed by atoms with Crippen LogP contribution in [0.25, 0.3) is 5.70 Å². The van der Waals surface area contributed by atoms with Crippen molar-refractivity contribution in [2.45, 2.75) is 6.18 Å². The highest BCUT2D eigenvalue weighted by Crippen LogP contribution is 2.37. The number of fused-ring (bicyclic) bond motifs is 1. The molecular weight excluding hydrogens is 261 g/mol. The van der Waals surface area contributed by atoms with Gasteiger partial charge in [0.15, 0.2) is 5.17 Å². The predicted octanol–water partition coefficient (Wildman–Crippen LogP) is 3.42. The van der Waals surface area contributed by atoms with E-state index >= 15 is 0 Å². The van der Waals surface area contributed by atoms with Crippen LogP contribution < -0.4 is 0 Å². The second-order valence-corrected chi connectivity index (χ2v) is 4.85. The SMILES string of the molecule is FC(F)(F)c1cccc(C2=CSC3=NCCN23)c1. The molecule has 0 radical (unpaired) electrons. The lowest BCUT2D eigenvalue weighted by Gasteiger charge is -2.17. The van der Waals surface area contributed by atoms with Crippen molar-refractivity contribution in [3.63, 3.8) is 0 Å². The van der Waals surface area contributed by atoms with Crippen LogP contribution in [0.4, 0.5) is 13.2 Å². The lowest BCUT2D eigenvalue weighted by atomic mass is 10.1. The standard InChI is InChI=1S/C12H9F3N2S/c13-12(14,15)9-3-1-2-8(6-9)10-7-18-11-16-4-5-17(10)11/h1-3,6-7H,4-5H2. The molecule has 0 saturated heterocycles. The van der Waals surface area contributed by atoms with Gasteiger partial charge in [0.2, 0.25) is 0 Å². The summed E-state index contributed by atoms with van der Waals surface area (Å²) in [6.45, 7) is 1.45. The molecule has 0 spiro atoms. The molecule has 0 unspecified atom stereocenters. The molecule has 3 rings (SSSR count). The number of aliphatic imine (C=N–C) groups is 1. The number of rotatable bonds is 1. The molecule has 2 nitrogen and oxygen atoms in total. The highest BCUT2D eigenvalue weighted by molar-refractivity contribution is 8.16. The minimum atomic E-state index is -4.30. The van der Waals surface area contributed by atoms with E-state index < -0.39 is 11.7 Å². The van der Waals surface area contributed by atoms with E-state index in [-0.39, 0.29) is 0 Å². The van der Waals surface area contributed by atoms with Crippen LogP contribution in [0.3, 0.4) is 0 Å².